The third kappa shape index (κ3) is 4.52. The van der Waals surface area contributed by atoms with Gasteiger partial charge in [0.25, 0.3) is 0 Å². The van der Waals surface area contributed by atoms with Crippen molar-refractivity contribution in [3.05, 3.63) is 0 Å². The Bertz CT molecular complexity index is 149. The summed E-state index contributed by atoms with van der Waals surface area (Å²) < 4.78 is 0. The van der Waals surface area contributed by atoms with E-state index in [1.807, 2.05) is 0 Å². The standard InChI is InChI=1S/C13H28N2/c1-4-13(5-2)15(3)10-6-7-12-8-9-14-11-12/h12-14H,4-11H2,1-3H3. The van der Waals surface area contributed by atoms with E-state index in [4.69, 9.17) is 0 Å². The summed E-state index contributed by atoms with van der Waals surface area (Å²) in [6.45, 7) is 8.38. The number of rotatable bonds is 7. The van der Waals surface area contributed by atoms with Crippen molar-refractivity contribution in [3.63, 3.8) is 0 Å². The minimum Gasteiger partial charge on any atom is -0.316 e. The summed E-state index contributed by atoms with van der Waals surface area (Å²) in [5, 5.41) is 3.44. The fourth-order valence-corrected chi connectivity index (χ4v) is 2.68. The molecule has 1 saturated heterocycles. The highest BCUT2D eigenvalue weighted by molar-refractivity contribution is 4.72. The lowest BCUT2D eigenvalue weighted by atomic mass is 10.0. The molecule has 2 heteroatoms. The Balaban J connectivity index is 2.07. The van der Waals surface area contributed by atoms with Gasteiger partial charge in [-0.25, -0.2) is 0 Å². The minimum absolute atomic E-state index is 0.798. The minimum atomic E-state index is 0.798. The Morgan fingerprint density at radius 2 is 2.07 bits per heavy atom. The van der Waals surface area contributed by atoms with Crippen LogP contribution < -0.4 is 5.32 Å². The topological polar surface area (TPSA) is 15.3 Å². The highest BCUT2D eigenvalue weighted by Gasteiger charge is 2.15. The molecule has 1 aliphatic rings. The smallest absolute Gasteiger partial charge is 0.00869 e. The van der Waals surface area contributed by atoms with Crippen molar-refractivity contribution in [3.8, 4) is 0 Å². The van der Waals surface area contributed by atoms with Crippen LogP contribution in [0.5, 0.6) is 0 Å². The molecule has 0 radical (unpaired) electrons. The number of hydrogen-bond acceptors (Lipinski definition) is 2. The summed E-state index contributed by atoms with van der Waals surface area (Å²) in [4.78, 5) is 2.54. The van der Waals surface area contributed by atoms with Gasteiger partial charge < -0.3 is 10.2 Å². The van der Waals surface area contributed by atoms with E-state index < -0.39 is 0 Å². The first kappa shape index (κ1) is 13.0. The Kier molecular flexibility index (Phi) is 6.26. The zero-order chi connectivity index (χ0) is 11.1. The number of hydrogen-bond donors (Lipinski definition) is 1. The molecule has 0 aliphatic carbocycles. The molecule has 1 heterocycles. The monoisotopic (exact) mass is 212 g/mol. The van der Waals surface area contributed by atoms with Gasteiger partial charge >= 0.3 is 0 Å². The lowest BCUT2D eigenvalue weighted by molar-refractivity contribution is 0.221. The van der Waals surface area contributed by atoms with E-state index in [0.717, 1.165) is 12.0 Å². The number of nitrogens with one attached hydrogen (secondary N) is 1. The van der Waals surface area contributed by atoms with Crippen LogP contribution in [0, 0.1) is 5.92 Å². The van der Waals surface area contributed by atoms with Crippen molar-refractivity contribution in [2.45, 2.75) is 52.0 Å². The first-order chi connectivity index (χ1) is 7.27. The summed E-state index contributed by atoms with van der Waals surface area (Å²) in [5.74, 6) is 0.958. The average Bonchev–Trinajstić information content (AvgIpc) is 2.72. The second kappa shape index (κ2) is 7.24. The molecular weight excluding hydrogens is 184 g/mol. The summed E-state index contributed by atoms with van der Waals surface area (Å²) >= 11 is 0. The van der Waals surface area contributed by atoms with Crippen molar-refractivity contribution >= 4 is 0 Å². The van der Waals surface area contributed by atoms with E-state index in [1.54, 1.807) is 0 Å². The summed E-state index contributed by atoms with van der Waals surface area (Å²) in [6, 6.07) is 0.798. The van der Waals surface area contributed by atoms with E-state index in [9.17, 15) is 0 Å². The fourth-order valence-electron chi connectivity index (χ4n) is 2.68. The molecule has 0 aromatic rings. The van der Waals surface area contributed by atoms with Crippen molar-refractivity contribution in [2.75, 3.05) is 26.7 Å². The number of nitrogens with zero attached hydrogens (tertiary/aromatic N) is 1. The molecule has 0 saturated carbocycles. The summed E-state index contributed by atoms with van der Waals surface area (Å²) in [6.07, 6.45) is 6.77. The first-order valence-corrected chi connectivity index (χ1v) is 6.68. The van der Waals surface area contributed by atoms with Crippen molar-refractivity contribution in [1.29, 1.82) is 0 Å². The third-order valence-electron chi connectivity index (χ3n) is 3.85. The molecule has 90 valence electrons. The quantitative estimate of drug-likeness (QED) is 0.697. The van der Waals surface area contributed by atoms with Gasteiger partial charge in [0.15, 0.2) is 0 Å². The highest BCUT2D eigenvalue weighted by Crippen LogP contribution is 2.15. The van der Waals surface area contributed by atoms with E-state index in [-0.39, 0.29) is 0 Å². The van der Waals surface area contributed by atoms with Gasteiger partial charge in [0.1, 0.15) is 0 Å². The molecule has 1 rings (SSSR count). The summed E-state index contributed by atoms with van der Waals surface area (Å²) in [7, 11) is 2.28. The molecule has 0 aromatic heterocycles. The van der Waals surface area contributed by atoms with Crippen LogP contribution in [0.15, 0.2) is 0 Å². The Labute approximate surface area is 95.4 Å². The predicted octanol–water partition coefficient (Wildman–Crippen LogP) is 2.50. The molecule has 1 unspecified atom stereocenters. The van der Waals surface area contributed by atoms with E-state index in [2.05, 4.69) is 31.1 Å². The fraction of sp³-hybridized carbons (Fsp3) is 1.00. The van der Waals surface area contributed by atoms with Gasteiger partial charge in [0.2, 0.25) is 0 Å². The Hall–Kier alpha value is -0.0800. The zero-order valence-corrected chi connectivity index (χ0v) is 10.8. The maximum Gasteiger partial charge on any atom is 0.00869 e. The van der Waals surface area contributed by atoms with Gasteiger partial charge in [0.05, 0.1) is 0 Å². The lowest BCUT2D eigenvalue weighted by Gasteiger charge is -2.26. The highest BCUT2D eigenvalue weighted by atomic mass is 15.1. The predicted molar refractivity (Wildman–Crippen MR) is 67.2 cm³/mol. The van der Waals surface area contributed by atoms with Gasteiger partial charge in [0, 0.05) is 6.04 Å². The Morgan fingerprint density at radius 3 is 2.60 bits per heavy atom. The van der Waals surface area contributed by atoms with Crippen molar-refractivity contribution < 1.29 is 0 Å². The first-order valence-electron chi connectivity index (χ1n) is 6.68. The maximum absolute atomic E-state index is 3.44. The van der Waals surface area contributed by atoms with Crippen LogP contribution in [-0.2, 0) is 0 Å². The third-order valence-corrected chi connectivity index (χ3v) is 3.85. The molecule has 2 nitrogen and oxygen atoms in total. The van der Waals surface area contributed by atoms with E-state index >= 15 is 0 Å². The van der Waals surface area contributed by atoms with Gasteiger partial charge in [-0.3, -0.25) is 0 Å². The molecule has 1 N–H and O–H groups in total. The molecule has 1 fully saturated rings. The molecule has 0 amide bonds. The van der Waals surface area contributed by atoms with Crippen molar-refractivity contribution in [1.82, 2.24) is 10.2 Å². The second-order valence-electron chi connectivity index (χ2n) is 4.95. The van der Waals surface area contributed by atoms with Crippen molar-refractivity contribution in [2.24, 2.45) is 5.92 Å². The molecule has 1 aliphatic heterocycles. The normalized spacial score (nSPS) is 21.8. The molecular formula is C13H28N2. The van der Waals surface area contributed by atoms with E-state index in [1.165, 1.54) is 51.7 Å². The molecule has 1 atom stereocenters. The molecule has 0 spiro atoms. The van der Waals surface area contributed by atoms with E-state index in [0.29, 0.717) is 0 Å². The summed E-state index contributed by atoms with van der Waals surface area (Å²) in [5.41, 5.74) is 0. The lowest BCUT2D eigenvalue weighted by Crippen LogP contribution is -2.31. The van der Waals surface area contributed by atoms with Crippen LogP contribution in [-0.4, -0.2) is 37.6 Å². The van der Waals surface area contributed by atoms with Crippen LogP contribution in [0.2, 0.25) is 0 Å². The maximum atomic E-state index is 3.44. The largest absolute Gasteiger partial charge is 0.316 e. The molecule has 15 heavy (non-hydrogen) atoms. The van der Waals surface area contributed by atoms with Crippen LogP contribution in [0.3, 0.4) is 0 Å². The van der Waals surface area contributed by atoms with Crippen LogP contribution >= 0.6 is 0 Å². The molecule has 0 bridgehead atoms. The average molecular weight is 212 g/mol. The van der Waals surface area contributed by atoms with Gasteiger partial charge in [-0.1, -0.05) is 13.8 Å². The van der Waals surface area contributed by atoms with Crippen LogP contribution in [0.25, 0.3) is 0 Å². The Morgan fingerprint density at radius 1 is 1.33 bits per heavy atom. The van der Waals surface area contributed by atoms with Gasteiger partial charge in [-0.05, 0) is 64.7 Å². The van der Waals surface area contributed by atoms with Crippen LogP contribution in [0.4, 0.5) is 0 Å². The van der Waals surface area contributed by atoms with Crippen LogP contribution in [0.1, 0.15) is 46.0 Å². The second-order valence-corrected chi connectivity index (χ2v) is 4.95. The van der Waals surface area contributed by atoms with Gasteiger partial charge in [-0.15, -0.1) is 0 Å². The molecule has 0 aromatic carbocycles. The SMILES string of the molecule is CCC(CC)N(C)CCCC1CCNC1. The van der Waals surface area contributed by atoms with Gasteiger partial charge in [-0.2, -0.15) is 0 Å². The zero-order valence-electron chi connectivity index (χ0n) is 10.8.